The van der Waals surface area contributed by atoms with Crippen LogP contribution < -0.4 is 0 Å². The molecule has 0 fully saturated rings. The Bertz CT molecular complexity index is 149. The van der Waals surface area contributed by atoms with Gasteiger partial charge in [0.25, 0.3) is 0 Å². The molecule has 0 aromatic carbocycles. The van der Waals surface area contributed by atoms with Crippen molar-refractivity contribution in [3.05, 3.63) is 0 Å². The third-order valence-electron chi connectivity index (χ3n) is 2.71. The minimum atomic E-state index is 0.0220. The Balaban J connectivity index is 2.95. The molecular formula is C12H26O2Sn. The molecule has 0 unspecified atom stereocenters. The molecular weight excluding hydrogens is 295 g/mol. The van der Waals surface area contributed by atoms with Gasteiger partial charge in [0.2, 0.25) is 0 Å². The maximum absolute atomic E-state index is 10.8. The zero-order valence-electron chi connectivity index (χ0n) is 10.4. The standard InChI is InChI=1S/C12H24O2.Sn.3H/c1-2-3-4-5-6-7-8-9-10-11-12(13)14;;;;/h2-11H2,1H3,(H,13,14);;;;/q;+1;;;/p-1. The first-order valence-corrected chi connectivity index (χ1v) is 8.71. The first-order valence-electron chi connectivity index (χ1n) is 6.38. The predicted molar refractivity (Wildman–Crippen MR) is 67.9 cm³/mol. The molecule has 0 aromatic heterocycles. The Kier molecular flexibility index (Phi) is 12.6. The second-order valence-electron chi connectivity index (χ2n) is 4.15. The molecule has 0 aliphatic rings. The Morgan fingerprint density at radius 2 is 1.40 bits per heavy atom. The molecule has 0 heterocycles. The summed E-state index contributed by atoms with van der Waals surface area (Å²) in [6, 6.07) is 0. The number of hydrogen-bond acceptors (Lipinski definition) is 2. The third kappa shape index (κ3) is 12.2. The zero-order valence-corrected chi connectivity index (χ0v) is 16.1. The second-order valence-corrected chi connectivity index (χ2v) is 5.32. The van der Waals surface area contributed by atoms with Crippen molar-refractivity contribution in [1.82, 2.24) is 0 Å². The van der Waals surface area contributed by atoms with Gasteiger partial charge in [-0.25, -0.2) is 0 Å². The van der Waals surface area contributed by atoms with Crippen LogP contribution in [0.4, 0.5) is 0 Å². The average molecular weight is 321 g/mol. The molecule has 15 heavy (non-hydrogen) atoms. The summed E-state index contributed by atoms with van der Waals surface area (Å²) >= 11 is 0.0781. The molecule has 0 rings (SSSR count). The molecule has 0 amide bonds. The Morgan fingerprint density at radius 1 is 0.933 bits per heavy atom. The Morgan fingerprint density at radius 3 is 1.87 bits per heavy atom. The molecule has 0 saturated carbocycles. The van der Waals surface area contributed by atoms with Gasteiger partial charge in [0.05, 0.1) is 0 Å². The van der Waals surface area contributed by atoms with Crippen molar-refractivity contribution in [2.24, 2.45) is 0 Å². The summed E-state index contributed by atoms with van der Waals surface area (Å²) in [7, 11) is 0. The average Bonchev–Trinajstić information content (AvgIpc) is 2.26. The van der Waals surface area contributed by atoms with E-state index in [1.54, 1.807) is 0 Å². The molecule has 0 saturated heterocycles. The van der Waals surface area contributed by atoms with Crippen molar-refractivity contribution in [2.45, 2.75) is 71.1 Å². The number of carbonyl (C=O) groups excluding carboxylic acids is 1. The van der Waals surface area contributed by atoms with Gasteiger partial charge in [-0.3, -0.25) is 0 Å². The van der Waals surface area contributed by atoms with E-state index in [0.717, 1.165) is 6.42 Å². The molecule has 0 aliphatic carbocycles. The van der Waals surface area contributed by atoms with E-state index >= 15 is 0 Å². The van der Waals surface area contributed by atoms with E-state index in [1.165, 1.54) is 51.4 Å². The van der Waals surface area contributed by atoms with Crippen molar-refractivity contribution < 1.29 is 7.87 Å². The monoisotopic (exact) mass is 322 g/mol. The quantitative estimate of drug-likeness (QED) is 0.457. The molecule has 0 aromatic rings. The molecule has 3 heteroatoms. The van der Waals surface area contributed by atoms with Crippen LogP contribution in [-0.4, -0.2) is 28.9 Å². The van der Waals surface area contributed by atoms with Crippen LogP contribution in [0.15, 0.2) is 0 Å². The van der Waals surface area contributed by atoms with Crippen molar-refractivity contribution in [2.75, 3.05) is 0 Å². The number of rotatable bonds is 10. The van der Waals surface area contributed by atoms with Crippen LogP contribution in [0.3, 0.4) is 0 Å². The predicted octanol–water partition coefficient (Wildman–Crippen LogP) is 2.73. The van der Waals surface area contributed by atoms with Gasteiger partial charge in [-0.15, -0.1) is 0 Å². The molecule has 0 bridgehead atoms. The molecule has 0 spiro atoms. The second kappa shape index (κ2) is 12.3. The van der Waals surface area contributed by atoms with Crippen LogP contribution in [-0.2, 0) is 7.87 Å². The molecule has 2 nitrogen and oxygen atoms in total. The summed E-state index contributed by atoms with van der Waals surface area (Å²) in [5, 5.41) is 0. The van der Waals surface area contributed by atoms with Gasteiger partial charge in [-0.05, 0) is 0 Å². The number of carbonyl (C=O) groups is 1. The summed E-state index contributed by atoms with van der Waals surface area (Å²) < 4.78 is 4.79. The van der Waals surface area contributed by atoms with Crippen LogP contribution in [0.25, 0.3) is 0 Å². The first kappa shape index (κ1) is 15.3. The number of hydrogen-bond donors (Lipinski definition) is 0. The number of unbranched alkanes of at least 4 members (excludes halogenated alkanes) is 8. The van der Waals surface area contributed by atoms with Gasteiger partial charge in [0.1, 0.15) is 0 Å². The maximum atomic E-state index is 10.8. The van der Waals surface area contributed by atoms with E-state index in [4.69, 9.17) is 3.07 Å². The van der Waals surface area contributed by atoms with Crippen molar-refractivity contribution in [1.29, 1.82) is 0 Å². The summed E-state index contributed by atoms with van der Waals surface area (Å²) in [5.74, 6) is 0.0220. The van der Waals surface area contributed by atoms with Gasteiger partial charge in [-0.1, -0.05) is 6.92 Å². The van der Waals surface area contributed by atoms with Gasteiger partial charge >= 0.3 is 101 Å². The van der Waals surface area contributed by atoms with Crippen LogP contribution in [0, 0.1) is 0 Å². The summed E-state index contributed by atoms with van der Waals surface area (Å²) in [6.45, 7) is 2.25. The topological polar surface area (TPSA) is 26.3 Å². The zero-order chi connectivity index (χ0) is 11.4. The minimum absolute atomic E-state index is 0.0220. The van der Waals surface area contributed by atoms with Crippen LogP contribution in [0.2, 0.25) is 0 Å². The fourth-order valence-corrected chi connectivity index (χ4v) is 2.26. The molecule has 90 valence electrons. The summed E-state index contributed by atoms with van der Waals surface area (Å²) in [6.07, 6.45) is 12.3. The third-order valence-corrected chi connectivity index (χ3v) is 4.01. The van der Waals surface area contributed by atoms with E-state index in [9.17, 15) is 4.79 Å². The summed E-state index contributed by atoms with van der Waals surface area (Å²) in [5.41, 5.74) is 0. The molecule has 0 N–H and O–H groups in total. The molecule has 0 radical (unpaired) electrons. The van der Waals surface area contributed by atoms with Crippen LogP contribution in [0.5, 0.6) is 0 Å². The molecule has 0 aliphatic heterocycles. The van der Waals surface area contributed by atoms with E-state index < -0.39 is 0 Å². The van der Waals surface area contributed by atoms with Crippen LogP contribution >= 0.6 is 0 Å². The normalized spacial score (nSPS) is 10.5. The van der Waals surface area contributed by atoms with E-state index in [2.05, 4.69) is 6.92 Å². The van der Waals surface area contributed by atoms with Gasteiger partial charge in [-0.2, -0.15) is 0 Å². The fraction of sp³-hybridized carbons (Fsp3) is 0.917. The molecule has 0 atom stereocenters. The first-order chi connectivity index (χ1) is 7.31. The van der Waals surface area contributed by atoms with Crippen LogP contribution in [0.1, 0.15) is 71.1 Å². The van der Waals surface area contributed by atoms with E-state index in [1.807, 2.05) is 0 Å². The van der Waals surface area contributed by atoms with Gasteiger partial charge in [0, 0.05) is 0 Å². The van der Waals surface area contributed by atoms with Gasteiger partial charge < -0.3 is 0 Å². The van der Waals surface area contributed by atoms with Crippen molar-refractivity contribution in [3.8, 4) is 0 Å². The summed E-state index contributed by atoms with van der Waals surface area (Å²) in [4.78, 5) is 10.8. The Labute approximate surface area is 108 Å². The van der Waals surface area contributed by atoms with Crippen molar-refractivity contribution >= 4 is 28.9 Å². The Hall–Kier alpha value is 0.269. The van der Waals surface area contributed by atoms with Gasteiger partial charge in [0.15, 0.2) is 0 Å². The fourth-order valence-electron chi connectivity index (χ4n) is 1.68. The van der Waals surface area contributed by atoms with E-state index in [-0.39, 0.29) is 28.9 Å². The SMILES string of the molecule is CCCCCCCCCCCC(=O)[O][SnH3]. The van der Waals surface area contributed by atoms with E-state index in [0.29, 0.717) is 6.42 Å². The van der Waals surface area contributed by atoms with Crippen molar-refractivity contribution in [3.63, 3.8) is 0 Å².